The van der Waals surface area contributed by atoms with Crippen LogP contribution in [-0.2, 0) is 4.74 Å². The van der Waals surface area contributed by atoms with E-state index in [1.54, 1.807) is 17.0 Å². The van der Waals surface area contributed by atoms with Crippen molar-refractivity contribution in [2.75, 3.05) is 18.4 Å². The van der Waals surface area contributed by atoms with Crippen LogP contribution in [0.5, 0.6) is 5.75 Å². The molecule has 1 amide bonds. The van der Waals surface area contributed by atoms with Crippen molar-refractivity contribution in [2.24, 2.45) is 16.1 Å². The molecule has 198 valence electrons. The Kier molecular flexibility index (Phi) is 9.14. The van der Waals surface area contributed by atoms with Gasteiger partial charge in [0.2, 0.25) is 11.9 Å². The molecule has 12 nitrogen and oxygen atoms in total. The summed E-state index contributed by atoms with van der Waals surface area (Å²) in [5, 5.41) is 14.3. The minimum Gasteiger partial charge on any atom is -0.489 e. The highest BCUT2D eigenvalue weighted by molar-refractivity contribution is 6.39. The number of carbonyl (C=O) groups excluding carboxylic acids is 1. The molecule has 0 spiro atoms. The normalized spacial score (nSPS) is 15.7. The Morgan fingerprint density at radius 2 is 1.84 bits per heavy atom. The topological polar surface area (TPSA) is 173 Å². The number of nitrogens with zero attached hydrogens (tertiary/aromatic N) is 3. The van der Waals surface area contributed by atoms with Gasteiger partial charge in [-0.25, -0.2) is 16.1 Å². The number of aliphatic imine (C=N–C) groups is 1. The molecule has 2 aromatic rings. The van der Waals surface area contributed by atoms with Crippen LogP contribution in [0.2, 0.25) is 10.0 Å². The fourth-order valence-corrected chi connectivity index (χ4v) is 4.25. The smallest absolute Gasteiger partial charge is 0.410 e. The molecule has 1 fully saturated rings. The summed E-state index contributed by atoms with van der Waals surface area (Å²) in [6, 6.07) is 10.5. The second-order valence-electron chi connectivity index (χ2n) is 9.10. The highest BCUT2D eigenvalue weighted by Gasteiger charge is 2.30. The van der Waals surface area contributed by atoms with Crippen LogP contribution in [0.25, 0.3) is 11.1 Å². The molecule has 0 unspecified atom stereocenters. The summed E-state index contributed by atoms with van der Waals surface area (Å²) < 4.78 is 11.5. The largest absolute Gasteiger partial charge is 0.489 e. The Labute approximate surface area is 224 Å². The highest BCUT2D eigenvalue weighted by Crippen LogP contribution is 2.38. The fraction of sp³-hybridized carbons (Fsp3) is 0.348. The number of hydrogen-bond acceptors (Lipinski definition) is 7. The van der Waals surface area contributed by atoms with Gasteiger partial charge in [0.15, 0.2) is 0 Å². The molecule has 0 radical (unpaired) electrons. The van der Waals surface area contributed by atoms with Crippen LogP contribution in [0.3, 0.4) is 0 Å². The van der Waals surface area contributed by atoms with Crippen molar-refractivity contribution in [1.29, 1.82) is 10.9 Å². The minimum atomic E-state index is -0.541. The van der Waals surface area contributed by atoms with Crippen molar-refractivity contribution in [2.45, 2.75) is 38.9 Å². The van der Waals surface area contributed by atoms with Gasteiger partial charge in [0.25, 0.3) is 0 Å². The van der Waals surface area contributed by atoms with Crippen LogP contribution < -0.4 is 26.7 Å². The lowest BCUT2D eigenvalue weighted by molar-refractivity contribution is 0.0275. The van der Waals surface area contributed by atoms with Crippen LogP contribution in [0, 0.1) is 10.9 Å². The summed E-state index contributed by atoms with van der Waals surface area (Å²) in [5.41, 5.74) is 12.4. The summed E-state index contributed by atoms with van der Waals surface area (Å²) in [6.45, 7) is 6.55. The van der Waals surface area contributed by atoms with Crippen LogP contribution in [0.4, 0.5) is 10.5 Å². The number of likely N-dealkylation sites (tertiary alicyclic amines) is 1. The number of amides is 1. The van der Waals surface area contributed by atoms with Crippen LogP contribution >= 0.6 is 23.2 Å². The summed E-state index contributed by atoms with van der Waals surface area (Å²) in [7, 11) is 0. The molecular weight excluding hydrogens is 521 g/mol. The number of hydrazine groups is 1. The molecule has 0 bridgehead atoms. The summed E-state index contributed by atoms with van der Waals surface area (Å²) in [6.07, 6.45) is 0.242. The molecule has 1 saturated heterocycles. The van der Waals surface area contributed by atoms with Gasteiger partial charge in [-0.05, 0) is 50.6 Å². The number of carbonyl (C=O) groups is 1. The zero-order chi connectivity index (χ0) is 27.2. The van der Waals surface area contributed by atoms with E-state index in [0.717, 1.165) is 5.56 Å². The lowest BCUT2D eigenvalue weighted by Crippen LogP contribution is -2.39. The number of nitrogens with one attached hydrogen (secondary N) is 5. The molecule has 0 saturated carbocycles. The maximum Gasteiger partial charge on any atom is 0.410 e. The predicted octanol–water partition coefficient (Wildman–Crippen LogP) is 4.75. The van der Waals surface area contributed by atoms with Gasteiger partial charge in [0, 0.05) is 24.2 Å². The van der Waals surface area contributed by atoms with E-state index in [1.165, 1.54) is 0 Å². The zero-order valence-electron chi connectivity index (χ0n) is 20.6. The summed E-state index contributed by atoms with van der Waals surface area (Å²) >= 11 is 13.0. The Morgan fingerprint density at radius 3 is 2.41 bits per heavy atom. The lowest BCUT2D eigenvalue weighted by Gasteiger charge is -2.24. The maximum atomic E-state index is 12.3. The van der Waals surface area contributed by atoms with Gasteiger partial charge in [-0.3, -0.25) is 10.8 Å². The van der Waals surface area contributed by atoms with Gasteiger partial charge in [0.1, 0.15) is 17.5 Å². The number of rotatable bonds is 5. The van der Waals surface area contributed by atoms with E-state index in [0.29, 0.717) is 46.6 Å². The monoisotopic (exact) mass is 549 g/mol. The quantitative estimate of drug-likeness (QED) is 0.102. The third kappa shape index (κ3) is 7.94. The van der Waals surface area contributed by atoms with Gasteiger partial charge in [-0.1, -0.05) is 40.6 Å². The first kappa shape index (κ1) is 28.0. The number of hydrogen-bond donors (Lipinski definition) is 6. The number of nitrogens with two attached hydrogens (primary N) is 1. The summed E-state index contributed by atoms with van der Waals surface area (Å²) in [5.74, 6) is 5.52. The Bertz CT molecular complexity index is 1160. The molecule has 1 aliphatic heterocycles. The van der Waals surface area contributed by atoms with E-state index in [4.69, 9.17) is 49.5 Å². The molecule has 3 rings (SSSR count). The molecule has 1 aliphatic rings. The third-order valence-corrected chi connectivity index (χ3v) is 5.67. The van der Waals surface area contributed by atoms with E-state index in [1.807, 2.05) is 45.0 Å². The molecule has 7 N–H and O–H groups in total. The van der Waals surface area contributed by atoms with Gasteiger partial charge in [-0.2, -0.15) is 10.5 Å². The lowest BCUT2D eigenvalue weighted by atomic mass is 10.0. The second kappa shape index (κ2) is 12.1. The number of guanidine groups is 2. The van der Waals surface area contributed by atoms with Gasteiger partial charge in [-0.15, -0.1) is 0 Å². The second-order valence-corrected chi connectivity index (χ2v) is 9.91. The first-order valence-corrected chi connectivity index (χ1v) is 12.0. The van der Waals surface area contributed by atoms with Gasteiger partial charge < -0.3 is 19.7 Å². The summed E-state index contributed by atoms with van der Waals surface area (Å²) in [4.78, 5) is 17.7. The standard InChI is InChI=1S/C23H29Cl2N9O3/c1-23(2,3)37-22(35)34-9-8-16(12-34)36-15-6-4-13(5-7-15)19-17(24)10-14(11-18(19)25)29-20(26)30-21(31-27)32-33-28/h4-7,10-11,16H,8-9,12,27H2,1-3H3,(H5,26,28,29,30,31,32)/t16-/m0/s1. The van der Waals surface area contributed by atoms with Crippen LogP contribution in [-0.4, -0.2) is 47.7 Å². The number of ether oxygens (including phenoxy) is 2. The number of anilines is 1. The first-order chi connectivity index (χ1) is 17.5. The molecule has 2 aromatic carbocycles. The van der Waals surface area contributed by atoms with Gasteiger partial charge >= 0.3 is 6.09 Å². The first-order valence-electron chi connectivity index (χ1n) is 11.3. The van der Waals surface area contributed by atoms with Crippen molar-refractivity contribution < 1.29 is 14.3 Å². The van der Waals surface area contributed by atoms with Crippen molar-refractivity contribution in [3.63, 3.8) is 0 Å². The third-order valence-electron chi connectivity index (χ3n) is 5.07. The molecule has 0 aliphatic carbocycles. The molecule has 14 heteroatoms. The average Bonchev–Trinajstić information content (AvgIpc) is 3.27. The fourth-order valence-electron chi connectivity index (χ4n) is 3.55. The minimum absolute atomic E-state index is 0.0984. The van der Waals surface area contributed by atoms with Crippen molar-refractivity contribution >= 4 is 46.9 Å². The van der Waals surface area contributed by atoms with E-state index < -0.39 is 5.60 Å². The number of halogens is 2. The van der Waals surface area contributed by atoms with E-state index >= 15 is 0 Å². The van der Waals surface area contributed by atoms with Crippen LogP contribution in [0.15, 0.2) is 46.6 Å². The zero-order valence-corrected chi connectivity index (χ0v) is 22.1. The molecule has 37 heavy (non-hydrogen) atoms. The average molecular weight is 550 g/mol. The molecule has 1 heterocycles. The SMILES string of the molecule is CC(C)(C)OC(=O)N1CC[C@H](Oc2ccc(-c3c(Cl)cc(NC(=N)/N=C(\NN)NN=N)cc3Cl)cc2)C1. The molecular formula is C23H29Cl2N9O3. The van der Waals surface area contributed by atoms with Gasteiger partial charge in [0.05, 0.1) is 16.6 Å². The van der Waals surface area contributed by atoms with E-state index in [-0.39, 0.29) is 24.1 Å². The molecule has 1 atom stereocenters. The number of benzene rings is 2. The molecule has 0 aromatic heterocycles. The van der Waals surface area contributed by atoms with Crippen LogP contribution in [0.1, 0.15) is 27.2 Å². The Balaban J connectivity index is 1.65. The predicted molar refractivity (Wildman–Crippen MR) is 143 cm³/mol. The van der Waals surface area contributed by atoms with E-state index in [9.17, 15) is 4.79 Å². The maximum absolute atomic E-state index is 12.3. The van der Waals surface area contributed by atoms with Crippen molar-refractivity contribution in [3.05, 3.63) is 46.4 Å². The Morgan fingerprint density at radius 1 is 1.19 bits per heavy atom. The van der Waals surface area contributed by atoms with E-state index in [2.05, 4.69) is 26.4 Å². The van der Waals surface area contributed by atoms with Crippen molar-refractivity contribution in [3.8, 4) is 16.9 Å². The Hall–Kier alpha value is -3.61. The highest BCUT2D eigenvalue weighted by atomic mass is 35.5. The van der Waals surface area contributed by atoms with Crippen molar-refractivity contribution in [1.82, 2.24) is 15.8 Å².